The fourth-order valence-electron chi connectivity index (χ4n) is 4.83. The Hall–Kier alpha value is -0.900. The van der Waals surface area contributed by atoms with Gasteiger partial charge < -0.3 is 14.7 Å². The SMILES string of the molecule is O[C@H](COCc1ccccc1)C[NH+](C1CCCCC1)C1CCCCC1. The van der Waals surface area contributed by atoms with Crippen LogP contribution in [0.5, 0.6) is 0 Å². The van der Waals surface area contributed by atoms with Gasteiger partial charge in [0.1, 0.15) is 12.6 Å². The van der Waals surface area contributed by atoms with E-state index in [2.05, 4.69) is 12.1 Å². The summed E-state index contributed by atoms with van der Waals surface area (Å²) in [5.74, 6) is 0. The molecule has 0 amide bonds. The molecule has 0 unspecified atom stereocenters. The third-order valence-electron chi connectivity index (χ3n) is 6.15. The van der Waals surface area contributed by atoms with Crippen LogP contribution in [-0.4, -0.2) is 36.4 Å². The van der Waals surface area contributed by atoms with Crippen molar-refractivity contribution in [2.24, 2.45) is 0 Å². The second kappa shape index (κ2) is 10.3. The van der Waals surface area contributed by atoms with E-state index < -0.39 is 0 Å². The third-order valence-corrected chi connectivity index (χ3v) is 6.15. The van der Waals surface area contributed by atoms with Gasteiger partial charge in [-0.15, -0.1) is 0 Å². The van der Waals surface area contributed by atoms with E-state index >= 15 is 0 Å². The maximum absolute atomic E-state index is 10.6. The molecule has 0 bridgehead atoms. The number of quaternary nitrogens is 1. The van der Waals surface area contributed by atoms with Crippen molar-refractivity contribution in [1.82, 2.24) is 0 Å². The molecule has 0 heterocycles. The van der Waals surface area contributed by atoms with Gasteiger partial charge in [-0.2, -0.15) is 0 Å². The smallest absolute Gasteiger partial charge is 0.126 e. The highest BCUT2D eigenvalue weighted by Crippen LogP contribution is 2.20. The summed E-state index contributed by atoms with van der Waals surface area (Å²) in [6, 6.07) is 11.8. The Bertz CT molecular complexity index is 448. The van der Waals surface area contributed by atoms with Crippen LogP contribution in [0.3, 0.4) is 0 Å². The van der Waals surface area contributed by atoms with Crippen LogP contribution in [0.25, 0.3) is 0 Å². The number of aliphatic hydroxyl groups excluding tert-OH is 1. The first-order chi connectivity index (χ1) is 12.3. The van der Waals surface area contributed by atoms with E-state index in [0.717, 1.165) is 18.6 Å². The van der Waals surface area contributed by atoms with Gasteiger partial charge in [-0.3, -0.25) is 0 Å². The van der Waals surface area contributed by atoms with Crippen LogP contribution in [0.1, 0.15) is 69.8 Å². The van der Waals surface area contributed by atoms with Crippen LogP contribution in [0.15, 0.2) is 30.3 Å². The second-order valence-corrected chi connectivity index (χ2v) is 8.10. The van der Waals surface area contributed by atoms with Crippen LogP contribution in [0.4, 0.5) is 0 Å². The minimum absolute atomic E-state index is 0.345. The predicted octanol–water partition coefficient (Wildman–Crippen LogP) is 3.11. The molecule has 3 rings (SSSR count). The lowest BCUT2D eigenvalue weighted by Gasteiger charge is -2.39. The molecule has 0 spiro atoms. The Labute approximate surface area is 153 Å². The van der Waals surface area contributed by atoms with Crippen molar-refractivity contribution >= 4 is 0 Å². The standard InChI is InChI=1S/C22H35NO2/c24-22(18-25-17-19-10-4-1-5-11-19)16-23(20-12-6-2-7-13-20)21-14-8-3-9-15-21/h1,4-5,10-11,20-22,24H,2-3,6-9,12-18H2/p+1/t22-/m0/s1. The summed E-state index contributed by atoms with van der Waals surface area (Å²) in [5, 5.41) is 10.6. The minimum atomic E-state index is -0.345. The molecule has 0 saturated heterocycles. The van der Waals surface area contributed by atoms with Gasteiger partial charge in [0.15, 0.2) is 0 Å². The Morgan fingerprint density at radius 1 is 0.880 bits per heavy atom. The normalized spacial score (nSPS) is 21.5. The second-order valence-electron chi connectivity index (χ2n) is 8.10. The summed E-state index contributed by atoms with van der Waals surface area (Å²) in [4.78, 5) is 1.69. The zero-order valence-electron chi connectivity index (χ0n) is 15.7. The first-order valence-electron chi connectivity index (χ1n) is 10.5. The molecule has 25 heavy (non-hydrogen) atoms. The average molecular weight is 347 g/mol. The van der Waals surface area contributed by atoms with Crippen LogP contribution in [0.2, 0.25) is 0 Å². The summed E-state index contributed by atoms with van der Waals surface area (Å²) < 4.78 is 5.79. The number of hydrogen-bond acceptors (Lipinski definition) is 2. The first kappa shape index (κ1) is 18.9. The molecule has 2 saturated carbocycles. The van der Waals surface area contributed by atoms with Gasteiger partial charge in [0.25, 0.3) is 0 Å². The Morgan fingerprint density at radius 3 is 2.00 bits per heavy atom. The van der Waals surface area contributed by atoms with Crippen molar-refractivity contribution in [3.05, 3.63) is 35.9 Å². The molecule has 1 atom stereocenters. The summed E-state index contributed by atoms with van der Waals surface area (Å²) in [7, 11) is 0. The van der Waals surface area contributed by atoms with Crippen LogP contribution < -0.4 is 4.90 Å². The van der Waals surface area contributed by atoms with E-state index in [1.807, 2.05) is 18.2 Å². The Kier molecular flexibility index (Phi) is 7.78. The number of nitrogens with one attached hydrogen (secondary N) is 1. The Morgan fingerprint density at radius 2 is 1.44 bits per heavy atom. The van der Waals surface area contributed by atoms with Crippen molar-refractivity contribution in [3.8, 4) is 0 Å². The topological polar surface area (TPSA) is 33.9 Å². The van der Waals surface area contributed by atoms with Crippen molar-refractivity contribution in [2.45, 2.75) is 89.0 Å². The number of hydrogen-bond donors (Lipinski definition) is 2. The van der Waals surface area contributed by atoms with E-state index in [4.69, 9.17) is 4.74 Å². The summed E-state index contributed by atoms with van der Waals surface area (Å²) in [5.41, 5.74) is 1.18. The lowest BCUT2D eigenvalue weighted by Crippen LogP contribution is -3.20. The Balaban J connectivity index is 1.49. The van der Waals surface area contributed by atoms with E-state index in [-0.39, 0.29) is 6.10 Å². The van der Waals surface area contributed by atoms with E-state index in [1.165, 1.54) is 69.8 Å². The molecular weight excluding hydrogens is 310 g/mol. The molecular formula is C22H36NO2+. The lowest BCUT2D eigenvalue weighted by atomic mass is 9.88. The molecule has 2 fully saturated rings. The van der Waals surface area contributed by atoms with Gasteiger partial charge in [0.2, 0.25) is 0 Å². The molecule has 0 radical (unpaired) electrons. The van der Waals surface area contributed by atoms with E-state index in [9.17, 15) is 5.11 Å². The maximum Gasteiger partial charge on any atom is 0.126 e. The van der Waals surface area contributed by atoms with Gasteiger partial charge in [-0.1, -0.05) is 43.2 Å². The highest BCUT2D eigenvalue weighted by molar-refractivity contribution is 5.13. The zero-order valence-corrected chi connectivity index (χ0v) is 15.7. The predicted molar refractivity (Wildman–Crippen MR) is 102 cm³/mol. The fourth-order valence-corrected chi connectivity index (χ4v) is 4.83. The monoisotopic (exact) mass is 346 g/mol. The van der Waals surface area contributed by atoms with Gasteiger partial charge in [0, 0.05) is 0 Å². The van der Waals surface area contributed by atoms with Crippen LogP contribution in [0, 0.1) is 0 Å². The molecule has 1 aromatic carbocycles. The van der Waals surface area contributed by atoms with Gasteiger partial charge >= 0.3 is 0 Å². The lowest BCUT2D eigenvalue weighted by molar-refractivity contribution is -0.955. The van der Waals surface area contributed by atoms with Crippen LogP contribution in [-0.2, 0) is 11.3 Å². The van der Waals surface area contributed by atoms with Crippen LogP contribution >= 0.6 is 0 Å². The molecule has 3 nitrogen and oxygen atoms in total. The zero-order chi connectivity index (χ0) is 17.3. The minimum Gasteiger partial charge on any atom is -0.385 e. The first-order valence-corrected chi connectivity index (χ1v) is 10.5. The van der Waals surface area contributed by atoms with E-state index in [0.29, 0.717) is 13.2 Å². The van der Waals surface area contributed by atoms with Crippen molar-refractivity contribution in [2.75, 3.05) is 13.2 Å². The number of benzene rings is 1. The fraction of sp³-hybridized carbons (Fsp3) is 0.727. The van der Waals surface area contributed by atoms with Gasteiger partial charge in [0.05, 0.1) is 25.3 Å². The number of ether oxygens (including phenoxy) is 1. The highest BCUT2D eigenvalue weighted by Gasteiger charge is 2.33. The molecule has 0 aliphatic heterocycles. The quantitative estimate of drug-likeness (QED) is 0.758. The van der Waals surface area contributed by atoms with Crippen molar-refractivity contribution in [3.63, 3.8) is 0 Å². The highest BCUT2D eigenvalue weighted by atomic mass is 16.5. The molecule has 2 aliphatic rings. The third kappa shape index (κ3) is 6.09. The number of aliphatic hydroxyl groups is 1. The van der Waals surface area contributed by atoms with Crippen molar-refractivity contribution < 1.29 is 14.7 Å². The molecule has 1 aromatic rings. The molecule has 2 aliphatic carbocycles. The maximum atomic E-state index is 10.6. The van der Waals surface area contributed by atoms with Gasteiger partial charge in [-0.25, -0.2) is 0 Å². The largest absolute Gasteiger partial charge is 0.385 e. The van der Waals surface area contributed by atoms with E-state index in [1.54, 1.807) is 4.90 Å². The van der Waals surface area contributed by atoms with Crippen molar-refractivity contribution in [1.29, 1.82) is 0 Å². The summed E-state index contributed by atoms with van der Waals surface area (Å²) >= 11 is 0. The summed E-state index contributed by atoms with van der Waals surface area (Å²) in [6.07, 6.45) is 13.4. The molecule has 0 aromatic heterocycles. The molecule has 2 N–H and O–H groups in total. The molecule has 3 heteroatoms. The summed E-state index contributed by atoms with van der Waals surface area (Å²) in [6.45, 7) is 1.92. The molecule has 140 valence electrons. The average Bonchev–Trinajstić information content (AvgIpc) is 2.68. The van der Waals surface area contributed by atoms with Gasteiger partial charge in [-0.05, 0) is 56.9 Å². The number of rotatable bonds is 8.